The summed E-state index contributed by atoms with van der Waals surface area (Å²) in [5.74, 6) is -0.860. The average molecular weight is 366 g/mol. The van der Waals surface area contributed by atoms with Crippen molar-refractivity contribution >= 4 is 29.1 Å². The number of halogens is 2. The molecule has 2 saturated heterocycles. The van der Waals surface area contributed by atoms with Gasteiger partial charge in [-0.25, -0.2) is 4.39 Å². The molecule has 0 N–H and O–H groups in total. The van der Waals surface area contributed by atoms with E-state index in [0.29, 0.717) is 31.2 Å². The molecule has 0 radical (unpaired) electrons. The van der Waals surface area contributed by atoms with Gasteiger partial charge in [0.15, 0.2) is 0 Å². The van der Waals surface area contributed by atoms with Crippen molar-refractivity contribution in [2.45, 2.75) is 12.1 Å². The van der Waals surface area contributed by atoms with Gasteiger partial charge in [0.2, 0.25) is 11.6 Å². The maximum atomic E-state index is 15.1. The van der Waals surface area contributed by atoms with Gasteiger partial charge in [0, 0.05) is 39.1 Å². The Morgan fingerprint density at radius 1 is 1.12 bits per heavy atom. The monoisotopic (exact) mass is 365 g/mol. The van der Waals surface area contributed by atoms with Crippen LogP contribution in [0.3, 0.4) is 0 Å². The van der Waals surface area contributed by atoms with Crippen molar-refractivity contribution in [3.63, 3.8) is 0 Å². The van der Waals surface area contributed by atoms with Crippen LogP contribution in [0.15, 0.2) is 36.9 Å². The Balaban J connectivity index is 1.61. The molecular weight excluding hydrogens is 345 g/mol. The number of anilines is 1. The zero-order valence-corrected chi connectivity index (χ0v) is 14.7. The Kier molecular flexibility index (Phi) is 4.99. The van der Waals surface area contributed by atoms with Crippen LogP contribution in [0, 0.1) is 0 Å². The van der Waals surface area contributed by atoms with E-state index in [0.717, 1.165) is 11.8 Å². The molecule has 0 aromatic heterocycles. The highest BCUT2D eigenvalue weighted by molar-refractivity contribution is 6.33. The van der Waals surface area contributed by atoms with Gasteiger partial charge < -0.3 is 14.7 Å². The maximum Gasteiger partial charge on any atom is 0.262 e. The highest BCUT2D eigenvalue weighted by atomic mass is 35.5. The number of likely N-dealkylation sites (tertiary alicyclic amines) is 1. The number of hydrogen-bond donors (Lipinski definition) is 0. The Morgan fingerprint density at radius 2 is 1.80 bits per heavy atom. The third kappa shape index (κ3) is 3.49. The molecule has 1 aromatic carbocycles. The van der Waals surface area contributed by atoms with E-state index in [-0.39, 0.29) is 25.4 Å². The van der Waals surface area contributed by atoms with Gasteiger partial charge >= 0.3 is 0 Å². The predicted octanol–water partition coefficient (Wildman–Crippen LogP) is 2.12. The van der Waals surface area contributed by atoms with Crippen molar-refractivity contribution in [1.29, 1.82) is 0 Å². The van der Waals surface area contributed by atoms with Crippen molar-refractivity contribution in [2.24, 2.45) is 0 Å². The van der Waals surface area contributed by atoms with Crippen LogP contribution >= 0.6 is 11.6 Å². The summed E-state index contributed by atoms with van der Waals surface area (Å²) < 4.78 is 15.1. The summed E-state index contributed by atoms with van der Waals surface area (Å²) in [6, 6.07) is 7.55. The van der Waals surface area contributed by atoms with Crippen molar-refractivity contribution in [3.8, 4) is 0 Å². The Hall–Kier alpha value is -2.08. The first-order chi connectivity index (χ1) is 11.9. The van der Waals surface area contributed by atoms with Gasteiger partial charge in [0.1, 0.15) is 0 Å². The first-order valence-corrected chi connectivity index (χ1v) is 8.71. The normalized spacial score (nSPS) is 23.7. The minimum atomic E-state index is -1.99. The maximum absolute atomic E-state index is 15.1. The van der Waals surface area contributed by atoms with E-state index in [2.05, 4.69) is 11.5 Å². The van der Waals surface area contributed by atoms with Crippen LogP contribution in [0.5, 0.6) is 0 Å². The van der Waals surface area contributed by atoms with Gasteiger partial charge in [-0.1, -0.05) is 30.3 Å². The molecule has 2 heterocycles. The summed E-state index contributed by atoms with van der Waals surface area (Å²) in [7, 11) is 0. The van der Waals surface area contributed by atoms with E-state index < -0.39 is 11.6 Å². The molecule has 2 aliphatic heterocycles. The Morgan fingerprint density at radius 3 is 2.44 bits per heavy atom. The molecule has 1 unspecified atom stereocenters. The molecule has 5 nitrogen and oxygen atoms in total. The van der Waals surface area contributed by atoms with Crippen molar-refractivity contribution in [3.05, 3.63) is 41.9 Å². The first kappa shape index (κ1) is 17.7. The molecule has 134 valence electrons. The van der Waals surface area contributed by atoms with E-state index in [9.17, 15) is 9.59 Å². The summed E-state index contributed by atoms with van der Waals surface area (Å²) >= 11 is 6.21. The number of carbonyl (C=O) groups is 2. The molecule has 1 aromatic rings. The molecule has 25 heavy (non-hydrogen) atoms. The number of para-hydroxylation sites is 1. The minimum absolute atomic E-state index is 0.0378. The summed E-state index contributed by atoms with van der Waals surface area (Å²) in [5.41, 5.74) is -1.07. The van der Waals surface area contributed by atoms with Crippen LogP contribution < -0.4 is 4.90 Å². The number of rotatable bonds is 3. The van der Waals surface area contributed by atoms with Gasteiger partial charge in [-0.2, -0.15) is 0 Å². The fraction of sp³-hybridized carbons (Fsp3) is 0.444. The fourth-order valence-electron chi connectivity index (χ4n) is 3.41. The molecule has 0 spiro atoms. The molecular formula is C18H21ClFN3O2. The van der Waals surface area contributed by atoms with Crippen LogP contribution in [0.25, 0.3) is 0 Å². The molecule has 0 saturated carbocycles. The highest BCUT2D eigenvalue weighted by Crippen LogP contribution is 2.30. The number of piperazine rings is 1. The molecule has 2 aliphatic rings. The lowest BCUT2D eigenvalue weighted by Gasteiger charge is -2.38. The van der Waals surface area contributed by atoms with Gasteiger partial charge in [0.05, 0.1) is 17.3 Å². The number of amides is 2. The van der Waals surface area contributed by atoms with Crippen LogP contribution in [-0.2, 0) is 9.59 Å². The first-order valence-electron chi connectivity index (χ1n) is 8.34. The van der Waals surface area contributed by atoms with Gasteiger partial charge in [-0.15, -0.1) is 0 Å². The second-order valence-corrected chi connectivity index (χ2v) is 6.82. The molecule has 0 aliphatic carbocycles. The quantitative estimate of drug-likeness (QED) is 0.771. The molecule has 3 rings (SSSR count). The third-order valence-corrected chi connectivity index (χ3v) is 5.17. The van der Waals surface area contributed by atoms with Crippen LogP contribution in [0.4, 0.5) is 10.1 Å². The summed E-state index contributed by atoms with van der Waals surface area (Å²) in [5, 5.41) is 0.665. The Bertz CT molecular complexity index is 691. The fourth-order valence-corrected chi connectivity index (χ4v) is 3.66. The predicted molar refractivity (Wildman–Crippen MR) is 95.5 cm³/mol. The number of hydrogen-bond acceptors (Lipinski definition) is 3. The zero-order chi connectivity index (χ0) is 18.0. The van der Waals surface area contributed by atoms with Crippen LogP contribution in [0.2, 0.25) is 5.02 Å². The smallest absolute Gasteiger partial charge is 0.262 e. The number of benzene rings is 1. The number of alkyl halides is 1. The molecule has 1 atom stereocenters. The number of nitrogens with zero attached hydrogens (tertiary/aromatic N) is 3. The molecule has 7 heteroatoms. The van der Waals surface area contributed by atoms with Crippen molar-refractivity contribution < 1.29 is 14.0 Å². The summed E-state index contributed by atoms with van der Waals surface area (Å²) in [6.45, 7) is 5.52. The lowest BCUT2D eigenvalue weighted by Crippen LogP contribution is -2.55. The van der Waals surface area contributed by atoms with Crippen molar-refractivity contribution in [1.82, 2.24) is 9.80 Å². The van der Waals surface area contributed by atoms with E-state index in [1.165, 1.54) is 4.90 Å². The SMILES string of the molecule is C=CC(=O)N1CCC(F)(C(=O)N2CCN(c3ccccc3Cl)CC2)C1. The Labute approximate surface area is 151 Å². The lowest BCUT2D eigenvalue weighted by molar-refractivity contribution is -0.144. The van der Waals surface area contributed by atoms with Gasteiger partial charge in [-0.05, 0) is 18.2 Å². The summed E-state index contributed by atoms with van der Waals surface area (Å²) in [6.07, 6.45) is 1.19. The largest absolute Gasteiger partial charge is 0.367 e. The van der Waals surface area contributed by atoms with Gasteiger partial charge in [-0.3, -0.25) is 9.59 Å². The minimum Gasteiger partial charge on any atom is -0.367 e. The van der Waals surface area contributed by atoms with E-state index in [4.69, 9.17) is 11.6 Å². The highest BCUT2D eigenvalue weighted by Gasteiger charge is 2.48. The molecule has 0 bridgehead atoms. The van der Waals surface area contributed by atoms with E-state index in [1.54, 1.807) is 4.90 Å². The van der Waals surface area contributed by atoms with Gasteiger partial charge in [0.25, 0.3) is 5.91 Å². The van der Waals surface area contributed by atoms with E-state index >= 15 is 4.39 Å². The molecule has 2 amide bonds. The van der Waals surface area contributed by atoms with Crippen molar-refractivity contribution in [2.75, 3.05) is 44.2 Å². The topological polar surface area (TPSA) is 43.9 Å². The molecule has 2 fully saturated rings. The van der Waals surface area contributed by atoms with Crippen LogP contribution in [-0.4, -0.2) is 66.6 Å². The lowest BCUT2D eigenvalue weighted by atomic mass is 10.0. The second kappa shape index (κ2) is 7.04. The van der Waals surface area contributed by atoms with Crippen LogP contribution in [0.1, 0.15) is 6.42 Å². The number of carbonyl (C=O) groups excluding carboxylic acids is 2. The summed E-state index contributed by atoms with van der Waals surface area (Å²) in [4.78, 5) is 29.2. The third-order valence-electron chi connectivity index (χ3n) is 4.85. The second-order valence-electron chi connectivity index (χ2n) is 6.41. The standard InChI is InChI=1S/C18H21ClFN3O2/c1-2-16(24)23-8-7-18(20,13-23)17(25)22-11-9-21(10-12-22)15-6-4-3-5-14(15)19/h2-6H,1,7-13H2. The zero-order valence-electron chi connectivity index (χ0n) is 14.0. The van der Waals surface area contributed by atoms with E-state index in [1.807, 2.05) is 24.3 Å². The average Bonchev–Trinajstić information content (AvgIpc) is 3.04.